The molecule has 2 aromatic carbocycles. The van der Waals surface area contributed by atoms with E-state index in [1.54, 1.807) is 0 Å². The third kappa shape index (κ3) is 4.12. The lowest BCUT2D eigenvalue weighted by Crippen LogP contribution is -2.93. The number of rotatable bonds is 6. The van der Waals surface area contributed by atoms with E-state index >= 15 is 0 Å². The molecule has 0 radical (unpaired) electrons. The number of piperidine rings is 1. The van der Waals surface area contributed by atoms with Gasteiger partial charge in [-0.05, 0) is 30.7 Å². The molecule has 2 aromatic rings. The van der Waals surface area contributed by atoms with Crippen molar-refractivity contribution in [2.45, 2.75) is 38.0 Å². The van der Waals surface area contributed by atoms with Crippen LogP contribution in [0.4, 0.5) is 11.4 Å². The summed E-state index contributed by atoms with van der Waals surface area (Å²) in [7, 11) is 8.23. The summed E-state index contributed by atoms with van der Waals surface area (Å²) >= 11 is 0. The second kappa shape index (κ2) is 8.83. The molecule has 3 rings (SSSR count). The van der Waals surface area contributed by atoms with E-state index in [-0.39, 0.29) is 23.9 Å². The Morgan fingerprint density at radius 3 is 1.50 bits per heavy atom. The zero-order valence-electron chi connectivity index (χ0n) is 19.3. The minimum atomic E-state index is -0.799. The van der Waals surface area contributed by atoms with E-state index < -0.39 is 5.60 Å². The van der Waals surface area contributed by atoms with E-state index in [4.69, 9.17) is 0 Å². The maximum absolute atomic E-state index is 11.8. The number of hydrogen-bond acceptors (Lipinski definition) is 3. The van der Waals surface area contributed by atoms with Gasteiger partial charge in [0.1, 0.15) is 12.1 Å². The maximum Gasteiger partial charge on any atom is 0.117 e. The molecule has 1 unspecified atom stereocenters. The van der Waals surface area contributed by atoms with Crippen LogP contribution in [0.15, 0.2) is 61.2 Å². The highest BCUT2D eigenvalue weighted by Crippen LogP contribution is 2.44. The van der Waals surface area contributed by atoms with Crippen molar-refractivity contribution in [2.75, 3.05) is 38.0 Å². The van der Waals surface area contributed by atoms with Gasteiger partial charge in [-0.25, -0.2) is 0 Å². The minimum absolute atomic E-state index is 0.105. The molecule has 0 aliphatic carbocycles. The van der Waals surface area contributed by atoms with Crippen LogP contribution in [-0.2, 0) is 0 Å². The summed E-state index contributed by atoms with van der Waals surface area (Å²) in [4.78, 5) is 4.23. The Labute approximate surface area is 182 Å². The highest BCUT2D eigenvalue weighted by atomic mass is 16.3. The van der Waals surface area contributed by atoms with Crippen molar-refractivity contribution in [3.05, 3.63) is 72.3 Å². The Morgan fingerprint density at radius 1 is 0.833 bits per heavy atom. The van der Waals surface area contributed by atoms with Gasteiger partial charge in [-0.1, -0.05) is 44.2 Å². The Kier molecular flexibility index (Phi) is 6.59. The molecule has 0 bridgehead atoms. The molecule has 1 aliphatic heterocycles. The molecule has 1 heterocycles. The predicted octanol–water partition coefficient (Wildman–Crippen LogP) is 3.76. The molecule has 1 fully saturated rings. The van der Waals surface area contributed by atoms with Gasteiger partial charge in [0.25, 0.3) is 0 Å². The van der Waals surface area contributed by atoms with Crippen LogP contribution in [0.5, 0.6) is 0 Å². The SMILES string of the molecule is C=CCC1(O)[C@H](C)[C@H](c2ccc(N(C)C)cc2)[NH2+][C@H](c2ccc(N(C)C)cc2)[C@@H]1C. The molecule has 0 aromatic heterocycles. The zero-order chi connectivity index (χ0) is 22.1. The monoisotopic (exact) mass is 408 g/mol. The lowest BCUT2D eigenvalue weighted by atomic mass is 9.64. The fourth-order valence-corrected chi connectivity index (χ4v) is 4.99. The van der Waals surface area contributed by atoms with Crippen molar-refractivity contribution in [3.63, 3.8) is 0 Å². The summed E-state index contributed by atoms with van der Waals surface area (Å²) in [5, 5.41) is 14.3. The summed E-state index contributed by atoms with van der Waals surface area (Å²) in [6.07, 6.45) is 2.47. The van der Waals surface area contributed by atoms with Crippen LogP contribution in [0.1, 0.15) is 43.5 Å². The summed E-state index contributed by atoms with van der Waals surface area (Å²) in [5.74, 6) is 0.209. The van der Waals surface area contributed by atoms with Gasteiger partial charge >= 0.3 is 0 Å². The molecule has 162 valence electrons. The van der Waals surface area contributed by atoms with Crippen molar-refractivity contribution < 1.29 is 10.4 Å². The molecule has 1 saturated heterocycles. The highest BCUT2D eigenvalue weighted by molar-refractivity contribution is 5.47. The van der Waals surface area contributed by atoms with Crippen molar-refractivity contribution in [2.24, 2.45) is 11.8 Å². The van der Waals surface area contributed by atoms with Crippen molar-refractivity contribution in [1.82, 2.24) is 0 Å². The number of benzene rings is 2. The van der Waals surface area contributed by atoms with E-state index in [1.807, 2.05) is 6.08 Å². The van der Waals surface area contributed by atoms with Gasteiger partial charge in [-0.3, -0.25) is 0 Å². The van der Waals surface area contributed by atoms with Crippen molar-refractivity contribution in [1.29, 1.82) is 0 Å². The standard InChI is InChI=1S/C26H37N3O/c1-8-17-26(30)18(2)24(20-9-13-22(14-10-20)28(4)5)27-25(19(26)3)21-11-15-23(16-12-21)29(6)7/h8-16,18-19,24-25,27,30H,1,17H2,2-7H3/p+1/t18-,19+,24-,25+,26?. The van der Waals surface area contributed by atoms with Crippen molar-refractivity contribution >= 4 is 11.4 Å². The van der Waals surface area contributed by atoms with Gasteiger partial charge in [0.05, 0.1) is 5.60 Å². The first kappa shape index (κ1) is 22.4. The number of aliphatic hydroxyl groups is 1. The first-order chi connectivity index (χ1) is 14.2. The highest BCUT2D eigenvalue weighted by Gasteiger charge is 2.53. The number of quaternary nitrogens is 1. The van der Waals surface area contributed by atoms with Crippen LogP contribution < -0.4 is 15.1 Å². The molecule has 1 aliphatic rings. The Morgan fingerprint density at radius 2 is 1.20 bits per heavy atom. The van der Waals surface area contributed by atoms with Crippen LogP contribution in [0.25, 0.3) is 0 Å². The van der Waals surface area contributed by atoms with E-state index in [9.17, 15) is 5.11 Å². The average Bonchev–Trinajstić information content (AvgIpc) is 2.73. The molecule has 5 atom stereocenters. The Balaban J connectivity index is 1.99. The lowest BCUT2D eigenvalue weighted by molar-refractivity contribution is -0.764. The second-order valence-corrected chi connectivity index (χ2v) is 9.28. The molecule has 4 heteroatoms. The topological polar surface area (TPSA) is 43.3 Å². The fraction of sp³-hybridized carbons (Fsp3) is 0.462. The van der Waals surface area contributed by atoms with E-state index in [0.717, 1.165) is 0 Å². The maximum atomic E-state index is 11.8. The third-order valence-electron chi connectivity index (χ3n) is 7.13. The van der Waals surface area contributed by atoms with Gasteiger partial charge in [0, 0.05) is 62.5 Å². The van der Waals surface area contributed by atoms with Crippen LogP contribution in [-0.4, -0.2) is 38.9 Å². The van der Waals surface area contributed by atoms with Gasteiger partial charge in [-0.15, -0.1) is 6.58 Å². The molecule has 3 N–H and O–H groups in total. The number of nitrogens with zero attached hydrogens (tertiary/aromatic N) is 2. The minimum Gasteiger partial charge on any atom is -0.388 e. The van der Waals surface area contributed by atoms with Gasteiger partial charge in [0.2, 0.25) is 0 Å². The van der Waals surface area contributed by atoms with Gasteiger partial charge < -0.3 is 20.2 Å². The van der Waals surface area contributed by atoms with Crippen LogP contribution in [0.3, 0.4) is 0 Å². The third-order valence-corrected chi connectivity index (χ3v) is 7.13. The Bertz CT molecular complexity index is 778. The smallest absolute Gasteiger partial charge is 0.117 e. The largest absolute Gasteiger partial charge is 0.388 e. The molecular weight excluding hydrogens is 370 g/mol. The quantitative estimate of drug-likeness (QED) is 0.716. The molecule has 4 nitrogen and oxygen atoms in total. The van der Waals surface area contributed by atoms with Crippen LogP contribution in [0, 0.1) is 11.8 Å². The molecule has 0 saturated carbocycles. The fourth-order valence-electron chi connectivity index (χ4n) is 4.99. The molecular formula is C26H38N3O+. The zero-order valence-corrected chi connectivity index (χ0v) is 19.3. The molecule has 0 amide bonds. The number of anilines is 2. The second-order valence-electron chi connectivity index (χ2n) is 9.28. The van der Waals surface area contributed by atoms with Gasteiger partial charge in [-0.2, -0.15) is 0 Å². The first-order valence-corrected chi connectivity index (χ1v) is 10.9. The summed E-state index contributed by atoms with van der Waals surface area (Å²) in [6.45, 7) is 8.32. The molecule has 30 heavy (non-hydrogen) atoms. The number of nitrogens with two attached hydrogens (primary N) is 1. The molecule has 0 spiro atoms. The summed E-state index contributed by atoms with van der Waals surface area (Å²) < 4.78 is 0. The summed E-state index contributed by atoms with van der Waals surface area (Å²) in [6, 6.07) is 17.9. The van der Waals surface area contributed by atoms with E-state index in [0.29, 0.717) is 6.42 Å². The summed E-state index contributed by atoms with van der Waals surface area (Å²) in [5.41, 5.74) is 4.10. The van der Waals surface area contributed by atoms with E-state index in [2.05, 4.69) is 112 Å². The first-order valence-electron chi connectivity index (χ1n) is 10.9. The van der Waals surface area contributed by atoms with Crippen LogP contribution >= 0.6 is 0 Å². The average molecular weight is 409 g/mol. The van der Waals surface area contributed by atoms with Crippen molar-refractivity contribution in [3.8, 4) is 0 Å². The van der Waals surface area contributed by atoms with Gasteiger partial charge in [0.15, 0.2) is 0 Å². The van der Waals surface area contributed by atoms with E-state index in [1.165, 1.54) is 22.5 Å². The normalized spacial score (nSPS) is 28.8. The Hall–Kier alpha value is -2.30. The lowest BCUT2D eigenvalue weighted by Gasteiger charge is -2.49. The predicted molar refractivity (Wildman–Crippen MR) is 127 cm³/mol. The number of hydrogen-bond donors (Lipinski definition) is 2. The van der Waals surface area contributed by atoms with Crippen LogP contribution in [0.2, 0.25) is 0 Å².